The number of ketones is 1. The number of thioether (sulfide) groups is 1. The Labute approximate surface area is 200 Å². The molecule has 0 spiro atoms. The molecule has 7 nitrogen and oxygen atoms in total. The summed E-state index contributed by atoms with van der Waals surface area (Å²) in [5.41, 5.74) is 2.21. The van der Waals surface area contributed by atoms with Gasteiger partial charge in [0, 0.05) is 17.8 Å². The highest BCUT2D eigenvalue weighted by molar-refractivity contribution is 7.99. The van der Waals surface area contributed by atoms with E-state index in [1.54, 1.807) is 19.2 Å². The van der Waals surface area contributed by atoms with Gasteiger partial charge in [-0.1, -0.05) is 23.9 Å². The fourth-order valence-electron chi connectivity index (χ4n) is 4.30. The minimum absolute atomic E-state index is 0.0998. The average molecular weight is 483 g/mol. The molecule has 33 heavy (non-hydrogen) atoms. The van der Waals surface area contributed by atoms with Gasteiger partial charge in [-0.2, -0.15) is 0 Å². The van der Waals surface area contributed by atoms with Crippen LogP contribution in [0.25, 0.3) is 0 Å². The van der Waals surface area contributed by atoms with Crippen molar-refractivity contribution < 1.29 is 14.3 Å². The zero-order valence-corrected chi connectivity index (χ0v) is 20.4. The SMILES string of the molecule is COc1ccccc1C(=O)c1c(NC(=O)CSc2nnc(C3CC3)n2C)sc2c1CCCC2. The Balaban J connectivity index is 1.37. The number of hydrogen-bond donors (Lipinski definition) is 1. The van der Waals surface area contributed by atoms with E-state index in [9.17, 15) is 9.59 Å². The number of fused-ring (bicyclic) bond motifs is 1. The van der Waals surface area contributed by atoms with Crippen LogP contribution in [0.15, 0.2) is 29.4 Å². The van der Waals surface area contributed by atoms with Crippen molar-refractivity contribution in [2.24, 2.45) is 7.05 Å². The number of anilines is 1. The lowest BCUT2D eigenvalue weighted by atomic mass is 9.91. The summed E-state index contributed by atoms with van der Waals surface area (Å²) in [7, 11) is 3.52. The molecule has 172 valence electrons. The fraction of sp³-hybridized carbons (Fsp3) is 0.417. The molecule has 3 aromatic rings. The molecule has 0 atom stereocenters. The third-order valence-electron chi connectivity index (χ3n) is 6.15. The lowest BCUT2D eigenvalue weighted by Gasteiger charge is -2.14. The Morgan fingerprint density at radius 3 is 2.79 bits per heavy atom. The van der Waals surface area contributed by atoms with Crippen LogP contribution in [0.1, 0.15) is 63.8 Å². The molecular weight excluding hydrogens is 456 g/mol. The largest absolute Gasteiger partial charge is 0.496 e. The van der Waals surface area contributed by atoms with Gasteiger partial charge in [-0.25, -0.2) is 0 Å². The first-order chi connectivity index (χ1) is 16.1. The van der Waals surface area contributed by atoms with Crippen molar-refractivity contribution in [3.05, 3.63) is 51.7 Å². The molecule has 0 radical (unpaired) electrons. The number of ether oxygens (including phenoxy) is 1. The monoisotopic (exact) mass is 482 g/mol. The molecular formula is C24H26N4O3S2. The van der Waals surface area contributed by atoms with Crippen LogP contribution in [0.5, 0.6) is 5.75 Å². The maximum Gasteiger partial charge on any atom is 0.235 e. The molecule has 1 fully saturated rings. The lowest BCUT2D eigenvalue weighted by Crippen LogP contribution is -2.17. The molecule has 0 bridgehead atoms. The Bertz CT molecular complexity index is 1210. The zero-order valence-electron chi connectivity index (χ0n) is 18.7. The highest BCUT2D eigenvalue weighted by Gasteiger charge is 2.30. The minimum atomic E-state index is -0.149. The number of aromatic nitrogens is 3. The van der Waals surface area contributed by atoms with Crippen LogP contribution in [-0.2, 0) is 24.7 Å². The topological polar surface area (TPSA) is 86.1 Å². The third-order valence-corrected chi connectivity index (χ3v) is 8.37. The van der Waals surface area contributed by atoms with Gasteiger partial charge in [-0.05, 0) is 56.2 Å². The van der Waals surface area contributed by atoms with Crippen molar-refractivity contribution >= 4 is 39.8 Å². The second-order valence-electron chi connectivity index (χ2n) is 8.46. The Morgan fingerprint density at radius 1 is 1.21 bits per heavy atom. The number of aryl methyl sites for hydroxylation is 1. The van der Waals surface area contributed by atoms with E-state index < -0.39 is 0 Å². The summed E-state index contributed by atoms with van der Waals surface area (Å²) in [5, 5.41) is 12.9. The van der Waals surface area contributed by atoms with Crippen molar-refractivity contribution in [2.45, 2.75) is 49.6 Å². The van der Waals surface area contributed by atoms with Crippen LogP contribution in [0.2, 0.25) is 0 Å². The van der Waals surface area contributed by atoms with E-state index in [1.165, 1.54) is 28.0 Å². The van der Waals surface area contributed by atoms with Crippen LogP contribution in [0.3, 0.4) is 0 Å². The molecule has 5 rings (SSSR count). The van der Waals surface area contributed by atoms with Crippen LogP contribution in [0, 0.1) is 0 Å². The first-order valence-electron chi connectivity index (χ1n) is 11.2. The standard InChI is InChI=1S/C24H26N4O3S2/c1-28-22(14-11-12-14)26-27-24(28)32-13-19(29)25-23-20(16-8-4-6-10-18(16)33-23)21(30)15-7-3-5-9-17(15)31-2/h3,5,7,9,14H,4,6,8,10-13H2,1-2H3,(H,25,29). The summed E-state index contributed by atoms with van der Waals surface area (Å²) in [6, 6.07) is 7.25. The Kier molecular flexibility index (Phi) is 6.25. The van der Waals surface area contributed by atoms with Crippen molar-refractivity contribution in [3.8, 4) is 5.75 Å². The van der Waals surface area contributed by atoms with Gasteiger partial charge in [-0.15, -0.1) is 21.5 Å². The Morgan fingerprint density at radius 2 is 2.00 bits per heavy atom. The molecule has 2 aliphatic carbocycles. The number of nitrogens with zero attached hydrogens (tertiary/aromatic N) is 3. The van der Waals surface area contributed by atoms with Crippen LogP contribution in [0.4, 0.5) is 5.00 Å². The molecule has 1 saturated carbocycles. The molecule has 1 aromatic carbocycles. The summed E-state index contributed by atoms with van der Waals surface area (Å²) >= 11 is 2.90. The summed E-state index contributed by atoms with van der Waals surface area (Å²) in [6.07, 6.45) is 6.27. The zero-order chi connectivity index (χ0) is 22.9. The van der Waals surface area contributed by atoms with E-state index in [-0.39, 0.29) is 17.4 Å². The van der Waals surface area contributed by atoms with Crippen molar-refractivity contribution in [1.29, 1.82) is 0 Å². The number of benzene rings is 1. The van der Waals surface area contributed by atoms with E-state index in [0.717, 1.165) is 55.1 Å². The molecule has 1 N–H and O–H groups in total. The number of amides is 1. The summed E-state index contributed by atoms with van der Waals surface area (Å²) in [6.45, 7) is 0. The maximum absolute atomic E-state index is 13.6. The third kappa shape index (κ3) is 4.44. The minimum Gasteiger partial charge on any atom is -0.496 e. The number of hydrogen-bond acceptors (Lipinski definition) is 7. The van der Waals surface area contributed by atoms with Gasteiger partial charge in [-0.3, -0.25) is 9.59 Å². The first kappa shape index (κ1) is 22.2. The number of para-hydroxylation sites is 1. The molecule has 2 aromatic heterocycles. The maximum atomic E-state index is 13.6. The molecule has 2 heterocycles. The van der Waals surface area contributed by atoms with E-state index in [4.69, 9.17) is 4.74 Å². The van der Waals surface area contributed by atoms with Crippen molar-refractivity contribution in [1.82, 2.24) is 14.8 Å². The van der Waals surface area contributed by atoms with Gasteiger partial charge in [0.15, 0.2) is 10.9 Å². The van der Waals surface area contributed by atoms with E-state index in [0.29, 0.717) is 27.8 Å². The summed E-state index contributed by atoms with van der Waals surface area (Å²) in [4.78, 5) is 27.7. The van der Waals surface area contributed by atoms with Gasteiger partial charge in [0.2, 0.25) is 5.91 Å². The number of carbonyl (C=O) groups excluding carboxylic acids is 2. The highest BCUT2D eigenvalue weighted by atomic mass is 32.2. The van der Waals surface area contributed by atoms with Gasteiger partial charge in [0.05, 0.1) is 24.0 Å². The van der Waals surface area contributed by atoms with Gasteiger partial charge < -0.3 is 14.6 Å². The number of carbonyl (C=O) groups is 2. The summed E-state index contributed by atoms with van der Waals surface area (Å²) in [5.74, 6) is 2.00. The van der Waals surface area contributed by atoms with Gasteiger partial charge in [0.1, 0.15) is 16.6 Å². The second-order valence-corrected chi connectivity index (χ2v) is 10.5. The fourth-order valence-corrected chi connectivity index (χ4v) is 6.32. The van der Waals surface area contributed by atoms with Crippen LogP contribution < -0.4 is 10.1 Å². The van der Waals surface area contributed by atoms with E-state index >= 15 is 0 Å². The second kappa shape index (κ2) is 9.30. The number of methoxy groups -OCH3 is 1. The molecule has 0 unspecified atom stereocenters. The predicted molar refractivity (Wildman–Crippen MR) is 130 cm³/mol. The molecule has 9 heteroatoms. The summed E-state index contributed by atoms with van der Waals surface area (Å²) < 4.78 is 7.41. The van der Waals surface area contributed by atoms with Crippen LogP contribution in [-0.4, -0.2) is 39.3 Å². The highest BCUT2D eigenvalue weighted by Crippen LogP contribution is 2.41. The van der Waals surface area contributed by atoms with Crippen molar-refractivity contribution in [3.63, 3.8) is 0 Å². The van der Waals surface area contributed by atoms with Crippen molar-refractivity contribution in [2.75, 3.05) is 18.2 Å². The lowest BCUT2D eigenvalue weighted by molar-refractivity contribution is -0.113. The number of nitrogens with one attached hydrogen (secondary N) is 1. The first-order valence-corrected chi connectivity index (χ1v) is 13.0. The average Bonchev–Trinajstić information content (AvgIpc) is 3.51. The molecule has 2 aliphatic rings. The van der Waals surface area contributed by atoms with Gasteiger partial charge >= 0.3 is 0 Å². The molecule has 1 amide bonds. The van der Waals surface area contributed by atoms with E-state index in [1.807, 2.05) is 23.7 Å². The Hall–Kier alpha value is -2.65. The van der Waals surface area contributed by atoms with Crippen LogP contribution >= 0.6 is 23.1 Å². The molecule has 0 aliphatic heterocycles. The predicted octanol–water partition coefficient (Wildman–Crippen LogP) is 4.60. The number of thiophene rings is 1. The number of rotatable bonds is 8. The normalized spacial score (nSPS) is 15.2. The molecule has 0 saturated heterocycles. The quantitative estimate of drug-likeness (QED) is 0.373. The smallest absolute Gasteiger partial charge is 0.235 e. The van der Waals surface area contributed by atoms with Gasteiger partial charge in [0.25, 0.3) is 0 Å². The van der Waals surface area contributed by atoms with E-state index in [2.05, 4.69) is 15.5 Å².